The number of likely N-dealkylation sites (N-methyl/N-ethyl adjacent to an activating group) is 2. The van der Waals surface area contributed by atoms with Gasteiger partial charge in [-0.2, -0.15) is 0 Å². The molecule has 1 amide bonds. The fourth-order valence-corrected chi connectivity index (χ4v) is 0.833. The van der Waals surface area contributed by atoms with Crippen molar-refractivity contribution in [2.45, 2.75) is 13.3 Å². The van der Waals surface area contributed by atoms with Gasteiger partial charge in [0.25, 0.3) is 0 Å². The third kappa shape index (κ3) is 5.75. The summed E-state index contributed by atoms with van der Waals surface area (Å²) in [6.45, 7) is 3.78. The van der Waals surface area contributed by atoms with E-state index in [4.69, 9.17) is 6.42 Å². The van der Waals surface area contributed by atoms with Crippen molar-refractivity contribution in [2.24, 2.45) is 0 Å². The highest BCUT2D eigenvalue weighted by molar-refractivity contribution is 5.77. The molecule has 0 saturated heterocycles. The van der Waals surface area contributed by atoms with E-state index in [1.165, 1.54) is 0 Å². The van der Waals surface area contributed by atoms with Crippen LogP contribution in [0.2, 0.25) is 0 Å². The molecule has 0 bridgehead atoms. The third-order valence-electron chi connectivity index (χ3n) is 1.43. The summed E-state index contributed by atoms with van der Waals surface area (Å²) in [5, 5.41) is 2.72. The fraction of sp³-hybridized carbons (Fsp3) is 0.667. The van der Waals surface area contributed by atoms with Crippen LogP contribution >= 0.6 is 0 Å². The summed E-state index contributed by atoms with van der Waals surface area (Å²) in [5.41, 5.74) is 0. The zero-order valence-electron chi connectivity index (χ0n) is 7.76. The molecule has 0 aromatic rings. The smallest absolute Gasteiger partial charge is 0.234 e. The number of nitrogens with zero attached hydrogens (tertiary/aromatic N) is 1. The molecule has 0 unspecified atom stereocenters. The Morgan fingerprint density at radius 2 is 2.33 bits per heavy atom. The number of carbonyl (C=O) groups is 1. The predicted octanol–water partition coefficient (Wildman–Crippen LogP) is 0.0776. The van der Waals surface area contributed by atoms with Crippen LogP contribution in [0.15, 0.2) is 0 Å². The second-order valence-corrected chi connectivity index (χ2v) is 2.65. The SMILES string of the molecule is C#CCCN(C)CC(=O)NCC. The Bertz CT molecular complexity index is 172. The topological polar surface area (TPSA) is 32.3 Å². The highest BCUT2D eigenvalue weighted by atomic mass is 16.1. The molecular formula is C9H16N2O. The van der Waals surface area contributed by atoms with E-state index in [2.05, 4.69) is 11.2 Å². The van der Waals surface area contributed by atoms with Crippen molar-refractivity contribution in [3.63, 3.8) is 0 Å². The van der Waals surface area contributed by atoms with Crippen molar-refractivity contribution in [1.29, 1.82) is 0 Å². The first-order valence-corrected chi connectivity index (χ1v) is 4.09. The van der Waals surface area contributed by atoms with Gasteiger partial charge in [-0.3, -0.25) is 9.69 Å². The minimum atomic E-state index is 0.0528. The lowest BCUT2D eigenvalue weighted by Crippen LogP contribution is -2.35. The van der Waals surface area contributed by atoms with E-state index in [1.54, 1.807) is 0 Å². The molecule has 3 nitrogen and oxygen atoms in total. The van der Waals surface area contributed by atoms with Gasteiger partial charge >= 0.3 is 0 Å². The van der Waals surface area contributed by atoms with Crippen molar-refractivity contribution in [2.75, 3.05) is 26.7 Å². The number of hydrogen-bond acceptors (Lipinski definition) is 2. The van der Waals surface area contributed by atoms with E-state index >= 15 is 0 Å². The minimum absolute atomic E-state index is 0.0528. The Balaban J connectivity index is 3.48. The zero-order chi connectivity index (χ0) is 9.40. The maximum Gasteiger partial charge on any atom is 0.234 e. The molecule has 0 aliphatic rings. The molecule has 0 radical (unpaired) electrons. The molecule has 0 aliphatic carbocycles. The van der Waals surface area contributed by atoms with E-state index in [-0.39, 0.29) is 5.91 Å². The lowest BCUT2D eigenvalue weighted by molar-refractivity contribution is -0.121. The van der Waals surface area contributed by atoms with E-state index in [1.807, 2.05) is 18.9 Å². The number of terminal acetylenes is 1. The summed E-state index contributed by atoms with van der Waals surface area (Å²) >= 11 is 0. The first-order chi connectivity index (χ1) is 5.70. The monoisotopic (exact) mass is 168 g/mol. The van der Waals surface area contributed by atoms with Crippen LogP contribution in [0.5, 0.6) is 0 Å². The van der Waals surface area contributed by atoms with Crippen molar-refractivity contribution in [3.05, 3.63) is 0 Å². The summed E-state index contributed by atoms with van der Waals surface area (Å²) < 4.78 is 0. The molecule has 3 heteroatoms. The van der Waals surface area contributed by atoms with Gasteiger partial charge < -0.3 is 5.32 Å². The first-order valence-electron chi connectivity index (χ1n) is 4.09. The van der Waals surface area contributed by atoms with Crippen LogP contribution < -0.4 is 5.32 Å². The first kappa shape index (κ1) is 11.0. The Morgan fingerprint density at radius 3 is 2.83 bits per heavy atom. The fourth-order valence-electron chi connectivity index (χ4n) is 0.833. The van der Waals surface area contributed by atoms with E-state index in [9.17, 15) is 4.79 Å². The van der Waals surface area contributed by atoms with E-state index < -0.39 is 0 Å². The molecule has 0 aromatic heterocycles. The van der Waals surface area contributed by atoms with Crippen LogP contribution in [-0.4, -0.2) is 37.5 Å². The van der Waals surface area contributed by atoms with Crippen molar-refractivity contribution in [3.8, 4) is 12.3 Å². The highest BCUT2D eigenvalue weighted by Crippen LogP contribution is 1.84. The van der Waals surface area contributed by atoms with E-state index in [0.29, 0.717) is 19.5 Å². The molecule has 0 saturated carbocycles. The molecule has 0 heterocycles. The summed E-state index contributed by atoms with van der Waals surface area (Å²) in [6, 6.07) is 0. The zero-order valence-corrected chi connectivity index (χ0v) is 7.76. The third-order valence-corrected chi connectivity index (χ3v) is 1.43. The average molecular weight is 168 g/mol. The van der Waals surface area contributed by atoms with Crippen LogP contribution in [0.3, 0.4) is 0 Å². The molecule has 68 valence electrons. The lowest BCUT2D eigenvalue weighted by Gasteiger charge is -2.13. The van der Waals surface area contributed by atoms with Gasteiger partial charge in [0.05, 0.1) is 6.54 Å². The maximum atomic E-state index is 11.0. The minimum Gasteiger partial charge on any atom is -0.355 e. The van der Waals surface area contributed by atoms with Crippen molar-refractivity contribution in [1.82, 2.24) is 10.2 Å². The number of carbonyl (C=O) groups excluding carboxylic acids is 1. The van der Waals surface area contributed by atoms with Gasteiger partial charge in [0.1, 0.15) is 0 Å². The molecule has 0 aliphatic heterocycles. The largest absolute Gasteiger partial charge is 0.355 e. The quantitative estimate of drug-likeness (QED) is 0.589. The second-order valence-electron chi connectivity index (χ2n) is 2.65. The maximum absolute atomic E-state index is 11.0. The molecule has 0 fully saturated rings. The Labute approximate surface area is 74.1 Å². The lowest BCUT2D eigenvalue weighted by atomic mass is 10.4. The van der Waals surface area contributed by atoms with Gasteiger partial charge in [0, 0.05) is 19.5 Å². The Kier molecular flexibility index (Phi) is 6.12. The van der Waals surface area contributed by atoms with Gasteiger partial charge in [-0.05, 0) is 14.0 Å². The predicted molar refractivity (Wildman–Crippen MR) is 49.6 cm³/mol. The highest BCUT2D eigenvalue weighted by Gasteiger charge is 2.03. The summed E-state index contributed by atoms with van der Waals surface area (Å²) in [7, 11) is 1.88. The number of nitrogens with one attached hydrogen (secondary N) is 1. The number of hydrogen-bond donors (Lipinski definition) is 1. The Morgan fingerprint density at radius 1 is 1.67 bits per heavy atom. The van der Waals surface area contributed by atoms with Gasteiger partial charge in [0.2, 0.25) is 5.91 Å². The molecule has 12 heavy (non-hydrogen) atoms. The molecule has 0 aromatic carbocycles. The molecule has 0 spiro atoms. The van der Waals surface area contributed by atoms with Crippen LogP contribution in [0.25, 0.3) is 0 Å². The summed E-state index contributed by atoms with van der Waals surface area (Å²) in [4.78, 5) is 12.9. The second kappa shape index (κ2) is 6.68. The summed E-state index contributed by atoms with van der Waals surface area (Å²) in [5.74, 6) is 2.58. The van der Waals surface area contributed by atoms with Crippen LogP contribution in [0.4, 0.5) is 0 Å². The molecule has 0 rings (SSSR count). The molecule has 1 N–H and O–H groups in total. The standard InChI is InChI=1S/C9H16N2O/c1-4-6-7-11(3)8-9(12)10-5-2/h1H,5-8H2,2-3H3,(H,10,12). The molecular weight excluding hydrogens is 152 g/mol. The number of amides is 1. The van der Waals surface area contributed by atoms with Gasteiger partial charge in [0.15, 0.2) is 0 Å². The summed E-state index contributed by atoms with van der Waals surface area (Å²) in [6.07, 6.45) is 5.78. The van der Waals surface area contributed by atoms with Crippen molar-refractivity contribution >= 4 is 5.91 Å². The van der Waals surface area contributed by atoms with Crippen LogP contribution in [0, 0.1) is 12.3 Å². The van der Waals surface area contributed by atoms with Gasteiger partial charge in [-0.25, -0.2) is 0 Å². The van der Waals surface area contributed by atoms with E-state index in [0.717, 1.165) is 6.54 Å². The van der Waals surface area contributed by atoms with Gasteiger partial charge in [-0.1, -0.05) is 0 Å². The number of rotatable bonds is 5. The van der Waals surface area contributed by atoms with Gasteiger partial charge in [-0.15, -0.1) is 12.3 Å². The van der Waals surface area contributed by atoms with Crippen LogP contribution in [0.1, 0.15) is 13.3 Å². The Hall–Kier alpha value is -1.01. The average Bonchev–Trinajstić information content (AvgIpc) is 2.01. The molecule has 0 atom stereocenters. The normalized spacial score (nSPS) is 9.50. The van der Waals surface area contributed by atoms with Crippen molar-refractivity contribution < 1.29 is 4.79 Å². The van der Waals surface area contributed by atoms with Crippen LogP contribution in [-0.2, 0) is 4.79 Å².